The number of aryl methyl sites for hydroxylation is 1. The molecule has 0 aromatic carbocycles. The summed E-state index contributed by atoms with van der Waals surface area (Å²) in [6.45, 7) is 6.48. The van der Waals surface area contributed by atoms with E-state index in [1.54, 1.807) is 11.3 Å². The molecular formula is C20H28N4O2S. The number of ether oxygens (including phenoxy) is 1. The fourth-order valence-corrected chi connectivity index (χ4v) is 5.15. The summed E-state index contributed by atoms with van der Waals surface area (Å²) in [5.41, 5.74) is 2.40. The van der Waals surface area contributed by atoms with Crippen LogP contribution in [0.4, 0.5) is 4.79 Å². The fraction of sp³-hybridized carbons (Fsp3) is 0.600. The molecule has 5 rings (SSSR count). The maximum atomic E-state index is 11.8. The van der Waals surface area contributed by atoms with E-state index in [0.717, 1.165) is 25.2 Å². The van der Waals surface area contributed by atoms with Gasteiger partial charge in [0.2, 0.25) is 0 Å². The first-order chi connectivity index (χ1) is 13.0. The van der Waals surface area contributed by atoms with Crippen molar-refractivity contribution in [3.05, 3.63) is 29.3 Å². The van der Waals surface area contributed by atoms with Crippen LogP contribution in [0.3, 0.4) is 0 Å². The monoisotopic (exact) mass is 388 g/mol. The third kappa shape index (κ3) is 3.89. The Morgan fingerprint density at radius 3 is 3.00 bits per heavy atom. The van der Waals surface area contributed by atoms with Gasteiger partial charge >= 0.3 is 6.09 Å². The molecular weight excluding hydrogens is 360 g/mol. The van der Waals surface area contributed by atoms with Gasteiger partial charge in [0.05, 0.1) is 4.88 Å². The van der Waals surface area contributed by atoms with Crippen LogP contribution in [0, 0.1) is 5.92 Å². The zero-order chi connectivity index (χ0) is 19.0. The van der Waals surface area contributed by atoms with E-state index in [-0.39, 0.29) is 12.1 Å². The van der Waals surface area contributed by atoms with Gasteiger partial charge in [0.15, 0.2) is 0 Å². The molecule has 3 aliphatic heterocycles. The van der Waals surface area contributed by atoms with Crippen LogP contribution in [0.5, 0.6) is 0 Å². The number of nitrogens with zero attached hydrogens (tertiary/aromatic N) is 3. The second-order valence-electron chi connectivity index (χ2n) is 7.99. The summed E-state index contributed by atoms with van der Waals surface area (Å²) in [5.74, 6) is 1.13. The highest BCUT2D eigenvalue weighted by atomic mass is 32.1. The summed E-state index contributed by atoms with van der Waals surface area (Å²) in [4.78, 5) is 15.5. The van der Waals surface area contributed by atoms with Crippen molar-refractivity contribution in [2.24, 2.45) is 13.0 Å². The molecule has 27 heavy (non-hydrogen) atoms. The smallest absolute Gasteiger partial charge is 0.407 e. The van der Waals surface area contributed by atoms with Crippen LogP contribution in [0.1, 0.15) is 38.3 Å². The van der Waals surface area contributed by atoms with Gasteiger partial charge in [-0.2, -0.15) is 5.10 Å². The Balaban J connectivity index is 1.41. The Morgan fingerprint density at radius 1 is 1.48 bits per heavy atom. The zero-order valence-electron chi connectivity index (χ0n) is 16.2. The van der Waals surface area contributed by atoms with Gasteiger partial charge in [-0.25, -0.2) is 4.79 Å². The van der Waals surface area contributed by atoms with Crippen molar-refractivity contribution >= 4 is 17.4 Å². The molecule has 2 aromatic rings. The number of rotatable bonds is 5. The van der Waals surface area contributed by atoms with Crippen molar-refractivity contribution in [3.8, 4) is 10.6 Å². The maximum absolute atomic E-state index is 11.8. The Bertz CT molecular complexity index is 786. The highest BCUT2D eigenvalue weighted by Crippen LogP contribution is 2.42. The molecule has 1 N–H and O–H groups in total. The van der Waals surface area contributed by atoms with Gasteiger partial charge in [0, 0.05) is 37.3 Å². The number of fused-ring (bicyclic) bond motifs is 3. The molecule has 146 valence electrons. The lowest BCUT2D eigenvalue weighted by atomic mass is 9.74. The normalized spacial score (nSPS) is 27.1. The summed E-state index contributed by atoms with van der Waals surface area (Å²) < 4.78 is 7.51. The Kier molecular flexibility index (Phi) is 5.23. The minimum atomic E-state index is -0.309. The van der Waals surface area contributed by atoms with Gasteiger partial charge in [-0.1, -0.05) is 6.07 Å². The van der Waals surface area contributed by atoms with Crippen LogP contribution in [0.25, 0.3) is 10.6 Å². The van der Waals surface area contributed by atoms with Gasteiger partial charge in [-0.3, -0.25) is 9.58 Å². The van der Waals surface area contributed by atoms with Crippen LogP contribution < -0.4 is 5.32 Å². The van der Waals surface area contributed by atoms with Crippen LogP contribution in [0.2, 0.25) is 0 Å². The molecule has 0 aliphatic carbocycles. The molecule has 7 heteroatoms. The van der Waals surface area contributed by atoms with Gasteiger partial charge in [0.25, 0.3) is 0 Å². The number of amides is 1. The van der Waals surface area contributed by atoms with E-state index >= 15 is 0 Å². The Hall–Kier alpha value is -1.86. The van der Waals surface area contributed by atoms with Crippen LogP contribution in [-0.4, -0.2) is 52.6 Å². The SMILES string of the molecule is CC(C)NC(=O)OC[C@H]1C[C@@H]2CCN1C[C@@H]2c1cc(-c2cccs2)nn1C. The lowest BCUT2D eigenvalue weighted by Crippen LogP contribution is -2.54. The van der Waals surface area contributed by atoms with Crippen molar-refractivity contribution in [2.45, 2.75) is 44.7 Å². The number of carbonyl (C=O) groups excluding carboxylic acids is 1. The molecule has 0 radical (unpaired) electrons. The van der Waals surface area contributed by atoms with Crippen LogP contribution >= 0.6 is 11.3 Å². The first-order valence-electron chi connectivity index (χ1n) is 9.76. The molecule has 2 aromatic heterocycles. The third-order valence-electron chi connectivity index (χ3n) is 5.76. The summed E-state index contributed by atoms with van der Waals surface area (Å²) in [6, 6.07) is 6.90. The van der Waals surface area contributed by atoms with E-state index in [0.29, 0.717) is 24.5 Å². The molecule has 3 saturated heterocycles. The quantitative estimate of drug-likeness (QED) is 0.852. The number of hydrogen-bond donors (Lipinski definition) is 1. The number of carbonyl (C=O) groups is 1. The van der Waals surface area contributed by atoms with Crippen molar-refractivity contribution < 1.29 is 9.53 Å². The van der Waals surface area contributed by atoms with Crippen molar-refractivity contribution in [2.75, 3.05) is 19.7 Å². The highest BCUT2D eigenvalue weighted by molar-refractivity contribution is 7.13. The lowest BCUT2D eigenvalue weighted by Gasteiger charge is -2.49. The molecule has 6 nitrogen and oxygen atoms in total. The van der Waals surface area contributed by atoms with Gasteiger partial charge < -0.3 is 10.1 Å². The van der Waals surface area contributed by atoms with Gasteiger partial charge in [-0.15, -0.1) is 11.3 Å². The zero-order valence-corrected chi connectivity index (χ0v) is 17.0. The second-order valence-corrected chi connectivity index (χ2v) is 8.94. The summed E-state index contributed by atoms with van der Waals surface area (Å²) in [7, 11) is 2.06. The predicted molar refractivity (Wildman–Crippen MR) is 107 cm³/mol. The standard InChI is InChI=1S/C20H28N4O2S/c1-13(2)21-20(25)26-12-15-9-14-6-7-24(15)11-16(14)18-10-17(22-23(18)3)19-5-4-8-27-19/h4-5,8,10,13-16H,6-7,9,11-12H2,1-3H3,(H,21,25)/t14-,15+,16-/m0/s1. The lowest BCUT2D eigenvalue weighted by molar-refractivity contribution is -0.00441. The van der Waals surface area contributed by atoms with Crippen LogP contribution in [0.15, 0.2) is 23.6 Å². The number of alkyl carbamates (subject to hydrolysis) is 1. The van der Waals surface area contributed by atoms with Gasteiger partial charge in [-0.05, 0) is 56.7 Å². The van der Waals surface area contributed by atoms with E-state index in [4.69, 9.17) is 9.84 Å². The summed E-state index contributed by atoms with van der Waals surface area (Å²) in [5, 5.41) is 9.64. The molecule has 5 heterocycles. The van der Waals surface area contributed by atoms with Crippen molar-refractivity contribution in [1.29, 1.82) is 0 Å². The minimum absolute atomic E-state index is 0.104. The van der Waals surface area contributed by atoms with E-state index < -0.39 is 0 Å². The molecule has 2 bridgehead atoms. The molecule has 1 amide bonds. The average Bonchev–Trinajstić information content (AvgIpc) is 3.29. The molecule has 3 fully saturated rings. The third-order valence-corrected chi connectivity index (χ3v) is 6.65. The van der Waals surface area contributed by atoms with E-state index in [2.05, 4.69) is 45.5 Å². The molecule has 3 aliphatic rings. The van der Waals surface area contributed by atoms with Crippen LogP contribution in [-0.2, 0) is 11.8 Å². The number of piperidine rings is 3. The Morgan fingerprint density at radius 2 is 2.33 bits per heavy atom. The number of aromatic nitrogens is 2. The second kappa shape index (κ2) is 7.64. The van der Waals surface area contributed by atoms with E-state index in [1.165, 1.54) is 17.0 Å². The van der Waals surface area contributed by atoms with Crippen molar-refractivity contribution in [3.63, 3.8) is 0 Å². The summed E-state index contributed by atoms with van der Waals surface area (Å²) in [6.07, 6.45) is 1.98. The van der Waals surface area contributed by atoms with E-state index in [1.807, 2.05) is 13.8 Å². The first kappa shape index (κ1) is 18.5. The number of hydrogen-bond acceptors (Lipinski definition) is 5. The summed E-state index contributed by atoms with van der Waals surface area (Å²) >= 11 is 1.73. The Labute approximate surface area is 164 Å². The topological polar surface area (TPSA) is 59.4 Å². The minimum Gasteiger partial charge on any atom is -0.448 e. The first-order valence-corrected chi connectivity index (χ1v) is 10.6. The van der Waals surface area contributed by atoms with Gasteiger partial charge in [0.1, 0.15) is 12.3 Å². The number of thiophene rings is 1. The molecule has 1 unspecified atom stereocenters. The fourth-order valence-electron chi connectivity index (χ4n) is 4.47. The molecule has 0 spiro atoms. The van der Waals surface area contributed by atoms with Crippen molar-refractivity contribution in [1.82, 2.24) is 20.0 Å². The molecule has 0 saturated carbocycles. The number of nitrogens with one attached hydrogen (secondary N) is 1. The maximum Gasteiger partial charge on any atom is 0.407 e. The average molecular weight is 389 g/mol. The highest BCUT2D eigenvalue weighted by Gasteiger charge is 2.42. The largest absolute Gasteiger partial charge is 0.448 e. The predicted octanol–water partition coefficient (Wildman–Crippen LogP) is 3.46. The van der Waals surface area contributed by atoms with E-state index in [9.17, 15) is 4.79 Å². The molecule has 4 atom stereocenters.